The third-order valence-electron chi connectivity index (χ3n) is 4.08. The van der Waals surface area contributed by atoms with Gasteiger partial charge in [-0.3, -0.25) is 4.99 Å². The SMILES string of the molecule is C\C=C(CCC)/N=C(/C(C)=C/C(C)=C(C)/C=C\S)C(C)CCC. The summed E-state index contributed by atoms with van der Waals surface area (Å²) in [5.41, 5.74) is 6.21. The van der Waals surface area contributed by atoms with Crippen molar-refractivity contribution in [3.8, 4) is 0 Å². The fraction of sp³-hybridized carbons (Fsp3) is 0.571. The zero-order chi connectivity index (χ0) is 17.8. The molecule has 0 aliphatic carbocycles. The second-order valence-electron chi connectivity index (χ2n) is 6.23. The van der Waals surface area contributed by atoms with E-state index in [0.717, 1.165) is 12.8 Å². The molecule has 23 heavy (non-hydrogen) atoms. The van der Waals surface area contributed by atoms with Crippen molar-refractivity contribution in [1.29, 1.82) is 0 Å². The number of nitrogens with zero attached hydrogens (tertiary/aromatic N) is 1. The van der Waals surface area contributed by atoms with Crippen LogP contribution in [0.25, 0.3) is 0 Å². The molecule has 0 aliphatic heterocycles. The molecule has 130 valence electrons. The van der Waals surface area contributed by atoms with E-state index in [9.17, 15) is 0 Å². The Morgan fingerprint density at radius 1 is 1.09 bits per heavy atom. The van der Waals surface area contributed by atoms with E-state index >= 15 is 0 Å². The summed E-state index contributed by atoms with van der Waals surface area (Å²) in [5, 5.41) is 1.79. The van der Waals surface area contributed by atoms with Crippen LogP contribution in [0.1, 0.15) is 74.1 Å². The second-order valence-corrected chi connectivity index (χ2v) is 6.52. The zero-order valence-corrected chi connectivity index (χ0v) is 17.0. The third-order valence-corrected chi connectivity index (χ3v) is 4.22. The van der Waals surface area contributed by atoms with E-state index in [2.05, 4.69) is 73.2 Å². The fourth-order valence-corrected chi connectivity index (χ4v) is 2.81. The van der Waals surface area contributed by atoms with Crippen molar-refractivity contribution in [2.24, 2.45) is 10.9 Å². The van der Waals surface area contributed by atoms with Gasteiger partial charge in [0.15, 0.2) is 0 Å². The Balaban J connectivity index is 5.77. The van der Waals surface area contributed by atoms with E-state index in [4.69, 9.17) is 4.99 Å². The van der Waals surface area contributed by atoms with Crippen molar-refractivity contribution in [3.63, 3.8) is 0 Å². The Morgan fingerprint density at radius 2 is 1.74 bits per heavy atom. The van der Waals surface area contributed by atoms with Gasteiger partial charge in [-0.25, -0.2) is 0 Å². The third kappa shape index (κ3) is 8.41. The van der Waals surface area contributed by atoms with Crippen molar-refractivity contribution in [2.75, 3.05) is 0 Å². The van der Waals surface area contributed by atoms with E-state index in [1.54, 1.807) is 5.41 Å². The van der Waals surface area contributed by atoms with Gasteiger partial charge in [0.2, 0.25) is 0 Å². The van der Waals surface area contributed by atoms with Crippen molar-refractivity contribution in [1.82, 2.24) is 0 Å². The highest BCUT2D eigenvalue weighted by Crippen LogP contribution is 2.20. The standard InChI is InChI=1S/C21H35NS/c1-8-11-17(5)21(22-20(10-3)12-9-2)19(7)15-18(6)16(4)13-14-23/h10,13-15,17,23H,8-9,11-12H2,1-7H3/b14-13-,18-16+,19-15+,20-10-,22-21+. The molecule has 0 aromatic rings. The fourth-order valence-electron chi connectivity index (χ4n) is 2.59. The first-order valence-corrected chi connectivity index (χ1v) is 9.33. The minimum atomic E-state index is 0.483. The van der Waals surface area contributed by atoms with Gasteiger partial charge in [0, 0.05) is 11.4 Å². The molecule has 0 N–H and O–H groups in total. The molecule has 0 fully saturated rings. The monoisotopic (exact) mass is 333 g/mol. The molecule has 0 aliphatic rings. The van der Waals surface area contributed by atoms with E-state index in [1.807, 2.05) is 6.08 Å². The van der Waals surface area contributed by atoms with Gasteiger partial charge in [0.1, 0.15) is 0 Å². The first-order chi connectivity index (χ1) is 10.9. The highest BCUT2D eigenvalue weighted by molar-refractivity contribution is 7.83. The van der Waals surface area contributed by atoms with Gasteiger partial charge in [-0.1, -0.05) is 51.8 Å². The summed E-state index contributed by atoms with van der Waals surface area (Å²) < 4.78 is 0. The Hall–Kier alpha value is -1.02. The number of rotatable bonds is 9. The van der Waals surface area contributed by atoms with Crippen LogP contribution in [0.2, 0.25) is 0 Å². The molecule has 0 heterocycles. The molecule has 0 amide bonds. The van der Waals surface area contributed by atoms with Crippen molar-refractivity contribution < 1.29 is 0 Å². The summed E-state index contributed by atoms with van der Waals surface area (Å²) in [4.78, 5) is 5.01. The normalized spacial score (nSPS) is 16.8. The maximum absolute atomic E-state index is 5.01. The summed E-state index contributed by atoms with van der Waals surface area (Å²) in [6, 6.07) is 0. The summed E-state index contributed by atoms with van der Waals surface area (Å²) >= 11 is 4.16. The summed E-state index contributed by atoms with van der Waals surface area (Å²) in [5.74, 6) is 0.483. The van der Waals surface area contributed by atoms with Gasteiger partial charge >= 0.3 is 0 Å². The minimum absolute atomic E-state index is 0.483. The van der Waals surface area contributed by atoms with Crippen molar-refractivity contribution >= 4 is 18.3 Å². The minimum Gasteiger partial charge on any atom is -0.258 e. The lowest BCUT2D eigenvalue weighted by Crippen LogP contribution is -2.13. The van der Waals surface area contributed by atoms with Crippen LogP contribution in [0.3, 0.4) is 0 Å². The maximum Gasteiger partial charge on any atom is 0.0464 e. The van der Waals surface area contributed by atoms with E-state index in [-0.39, 0.29) is 0 Å². The summed E-state index contributed by atoms with van der Waals surface area (Å²) in [7, 11) is 0. The van der Waals surface area contributed by atoms with E-state index < -0.39 is 0 Å². The predicted molar refractivity (Wildman–Crippen MR) is 110 cm³/mol. The number of allylic oxidation sites excluding steroid dienone is 7. The molecule has 0 rings (SSSR count). The highest BCUT2D eigenvalue weighted by atomic mass is 32.1. The van der Waals surface area contributed by atoms with Crippen LogP contribution in [0.15, 0.2) is 51.0 Å². The number of thiol groups is 1. The van der Waals surface area contributed by atoms with E-state index in [1.165, 1.54) is 41.0 Å². The molecule has 0 saturated heterocycles. The molecule has 2 heteroatoms. The van der Waals surface area contributed by atoms with Crippen LogP contribution >= 0.6 is 12.6 Å². The molecular formula is C21H35NS. The number of hydrogen-bond acceptors (Lipinski definition) is 2. The summed E-state index contributed by atoms with van der Waals surface area (Å²) in [6.07, 6.45) is 11.0. The lowest BCUT2D eigenvalue weighted by Gasteiger charge is -2.16. The largest absolute Gasteiger partial charge is 0.258 e. The van der Waals surface area contributed by atoms with Crippen LogP contribution in [-0.4, -0.2) is 5.71 Å². The molecule has 1 atom stereocenters. The molecule has 0 bridgehead atoms. The van der Waals surface area contributed by atoms with Crippen LogP contribution in [0.5, 0.6) is 0 Å². The average Bonchev–Trinajstić information content (AvgIpc) is 2.51. The molecule has 0 radical (unpaired) electrons. The summed E-state index contributed by atoms with van der Waals surface area (Å²) in [6.45, 7) is 15.3. The van der Waals surface area contributed by atoms with Crippen molar-refractivity contribution in [2.45, 2.75) is 74.1 Å². The quantitative estimate of drug-likeness (QED) is 0.258. The molecule has 1 unspecified atom stereocenters. The van der Waals surface area contributed by atoms with Gasteiger partial charge in [-0.05, 0) is 68.6 Å². The Bertz CT molecular complexity index is 504. The zero-order valence-electron chi connectivity index (χ0n) is 16.1. The molecule has 0 aromatic heterocycles. The maximum atomic E-state index is 5.01. The van der Waals surface area contributed by atoms with Crippen molar-refractivity contribution in [3.05, 3.63) is 46.1 Å². The van der Waals surface area contributed by atoms with Gasteiger partial charge < -0.3 is 0 Å². The van der Waals surface area contributed by atoms with Crippen LogP contribution < -0.4 is 0 Å². The predicted octanol–water partition coefficient (Wildman–Crippen LogP) is 7.29. The lowest BCUT2D eigenvalue weighted by molar-refractivity contribution is 0.664. The van der Waals surface area contributed by atoms with Crippen LogP contribution in [0, 0.1) is 5.92 Å². The molecular weight excluding hydrogens is 298 g/mol. The van der Waals surface area contributed by atoms with Gasteiger partial charge in [-0.2, -0.15) is 12.6 Å². The number of aliphatic imine (C=N–C) groups is 1. The van der Waals surface area contributed by atoms with Crippen LogP contribution in [-0.2, 0) is 0 Å². The first-order valence-electron chi connectivity index (χ1n) is 8.81. The van der Waals surface area contributed by atoms with E-state index in [0.29, 0.717) is 5.92 Å². The van der Waals surface area contributed by atoms with Crippen LogP contribution in [0.4, 0.5) is 0 Å². The second kappa shape index (κ2) is 12.4. The average molecular weight is 334 g/mol. The Morgan fingerprint density at radius 3 is 2.22 bits per heavy atom. The Labute approximate surface area is 149 Å². The topological polar surface area (TPSA) is 12.4 Å². The molecule has 0 spiro atoms. The van der Waals surface area contributed by atoms with Gasteiger partial charge in [0.25, 0.3) is 0 Å². The van der Waals surface area contributed by atoms with Gasteiger partial charge in [0.05, 0.1) is 0 Å². The smallest absolute Gasteiger partial charge is 0.0464 e. The highest BCUT2D eigenvalue weighted by Gasteiger charge is 2.13. The lowest BCUT2D eigenvalue weighted by atomic mass is 9.93. The number of hydrogen-bond donors (Lipinski definition) is 1. The molecule has 1 nitrogen and oxygen atoms in total. The van der Waals surface area contributed by atoms with Gasteiger partial charge in [-0.15, -0.1) is 0 Å². The molecule has 0 saturated carbocycles. The molecule has 0 aromatic carbocycles. The Kier molecular flexibility index (Phi) is 11.9. The first kappa shape index (κ1) is 22.0.